The molecule has 2 aromatic rings. The van der Waals surface area contributed by atoms with Gasteiger partial charge in [0.25, 0.3) is 0 Å². The summed E-state index contributed by atoms with van der Waals surface area (Å²) in [6.07, 6.45) is 3.22. The van der Waals surface area contributed by atoms with E-state index in [1.165, 1.54) is 11.1 Å². The van der Waals surface area contributed by atoms with Gasteiger partial charge in [-0.1, -0.05) is 65.7 Å². The second-order valence-electron chi connectivity index (χ2n) is 7.05. The normalized spacial score (nSPS) is 14.8. The number of hydrogen-bond donors (Lipinski definition) is 3. The number of carbonyl (C=O) groups excluding carboxylic acids is 1. The predicted octanol–water partition coefficient (Wildman–Crippen LogP) is 5.26. The van der Waals surface area contributed by atoms with Gasteiger partial charge >= 0.3 is 0 Å². The zero-order chi connectivity index (χ0) is 21.4. The van der Waals surface area contributed by atoms with E-state index in [4.69, 9.17) is 28.9 Å². The van der Waals surface area contributed by atoms with Crippen LogP contribution in [-0.2, 0) is 11.2 Å². The van der Waals surface area contributed by atoms with E-state index in [0.717, 1.165) is 37.9 Å². The first kappa shape index (κ1) is 23.6. The third kappa shape index (κ3) is 6.41. The molecule has 1 amide bonds. The van der Waals surface area contributed by atoms with Crippen LogP contribution < -0.4 is 10.9 Å². The Morgan fingerprint density at radius 1 is 1.10 bits per heavy atom. The van der Waals surface area contributed by atoms with Crippen molar-refractivity contribution in [3.63, 3.8) is 0 Å². The maximum atomic E-state index is 13.3. The summed E-state index contributed by atoms with van der Waals surface area (Å²) >= 11 is 15.5. The Kier molecular flexibility index (Phi) is 9.37. The number of benzene rings is 2. The summed E-state index contributed by atoms with van der Waals surface area (Å²) in [4.78, 5) is 15.2. The number of thiol groups is 1. The first-order valence-electron chi connectivity index (χ1n) is 9.45. The van der Waals surface area contributed by atoms with Gasteiger partial charge in [-0.15, -0.1) is 12.8 Å². The van der Waals surface area contributed by atoms with E-state index in [0.29, 0.717) is 22.2 Å². The molecule has 1 unspecified atom stereocenters. The van der Waals surface area contributed by atoms with Crippen molar-refractivity contribution in [3.05, 3.63) is 75.8 Å². The molecule has 0 saturated carbocycles. The van der Waals surface area contributed by atoms with Crippen LogP contribution >= 0.6 is 36.0 Å². The topological polar surface area (TPSA) is 72.3 Å². The molecule has 4 N–H and O–H groups in total. The molecule has 0 spiro atoms. The highest BCUT2D eigenvalue weighted by Crippen LogP contribution is 2.35. The molecule has 0 aromatic heterocycles. The van der Waals surface area contributed by atoms with Gasteiger partial charge in [-0.3, -0.25) is 9.93 Å². The largest absolute Gasteiger partial charge is 0.396 e. The first-order chi connectivity index (χ1) is 14.0. The van der Waals surface area contributed by atoms with Gasteiger partial charge in [0, 0.05) is 13.1 Å². The van der Waals surface area contributed by atoms with E-state index in [1.54, 1.807) is 12.1 Å². The molecule has 1 fully saturated rings. The number of rotatable bonds is 5. The number of nitrogens with zero attached hydrogens (tertiary/aromatic N) is 1. The maximum absolute atomic E-state index is 13.3. The van der Waals surface area contributed by atoms with Crippen LogP contribution in [0.1, 0.15) is 36.3 Å². The molecule has 3 rings (SSSR count). The fraction of sp³-hybridized carbons (Fsp3) is 0.318. The van der Waals surface area contributed by atoms with Crippen LogP contribution in [-0.4, -0.2) is 23.9 Å². The molecule has 2 aromatic carbocycles. The molecule has 1 saturated heterocycles. The van der Waals surface area contributed by atoms with Crippen LogP contribution in [0.2, 0.25) is 10.0 Å². The van der Waals surface area contributed by atoms with Crippen molar-refractivity contribution in [2.24, 2.45) is 5.14 Å². The van der Waals surface area contributed by atoms with Crippen LogP contribution in [0.5, 0.6) is 0 Å². The third-order valence-corrected chi connectivity index (χ3v) is 5.77. The number of halogens is 2. The van der Waals surface area contributed by atoms with Crippen molar-refractivity contribution in [2.45, 2.75) is 31.6 Å². The van der Waals surface area contributed by atoms with E-state index >= 15 is 0 Å². The maximum Gasteiger partial charge on any atom is 0.230 e. The van der Waals surface area contributed by atoms with Gasteiger partial charge in [0.05, 0.1) is 21.7 Å². The van der Waals surface area contributed by atoms with Gasteiger partial charge < -0.3 is 10.6 Å². The lowest BCUT2D eigenvalue weighted by molar-refractivity contribution is -0.133. The molecule has 4 nitrogen and oxygen atoms in total. The summed E-state index contributed by atoms with van der Waals surface area (Å²) < 4.78 is 0. The number of hydrogen-bond acceptors (Lipinski definition) is 4. The quantitative estimate of drug-likeness (QED) is 0.329. The first-order valence-corrected chi connectivity index (χ1v) is 10.7. The lowest BCUT2D eigenvalue weighted by Gasteiger charge is -2.32. The summed E-state index contributed by atoms with van der Waals surface area (Å²) in [7, 11) is 0. The van der Waals surface area contributed by atoms with Crippen LogP contribution in [0.15, 0.2) is 54.6 Å². The Hall–Kier alpha value is -1.66. The van der Waals surface area contributed by atoms with Gasteiger partial charge in [-0.2, -0.15) is 0 Å². The monoisotopic (exact) mass is 451 g/mol. The van der Waals surface area contributed by atoms with Crippen LogP contribution in [0.25, 0.3) is 0 Å². The fourth-order valence-corrected chi connectivity index (χ4v) is 3.96. The summed E-state index contributed by atoms with van der Waals surface area (Å²) in [5.41, 5.74) is 9.47. The van der Waals surface area contributed by atoms with Crippen molar-refractivity contribution >= 4 is 47.6 Å². The van der Waals surface area contributed by atoms with Gasteiger partial charge in [-0.05, 0) is 48.9 Å². The second kappa shape index (κ2) is 11.5. The highest BCUT2D eigenvalue weighted by Gasteiger charge is 2.28. The molecule has 1 heterocycles. The van der Waals surface area contributed by atoms with E-state index in [1.807, 2.05) is 23.1 Å². The van der Waals surface area contributed by atoms with Crippen LogP contribution in [0.4, 0.5) is 5.69 Å². The Morgan fingerprint density at radius 3 is 2.21 bits per heavy atom. The molecule has 1 atom stereocenters. The zero-order valence-electron chi connectivity index (χ0n) is 16.3. The SMILES string of the molecule is C=C1CCN(C(=O)C(CCc2ccccc2)c2cc(Cl)c(N)c(Cl)c2)CC1.NS. The molecule has 1 aliphatic heterocycles. The number of nitrogens with two attached hydrogens (primary N) is 2. The Labute approximate surface area is 188 Å². The van der Waals surface area contributed by atoms with Crippen molar-refractivity contribution in [1.29, 1.82) is 0 Å². The highest BCUT2D eigenvalue weighted by atomic mass is 35.5. The van der Waals surface area contributed by atoms with E-state index < -0.39 is 0 Å². The minimum atomic E-state index is -0.299. The molecular weight excluding hydrogens is 425 g/mol. The van der Waals surface area contributed by atoms with E-state index in [9.17, 15) is 4.79 Å². The summed E-state index contributed by atoms with van der Waals surface area (Å²) in [6.45, 7) is 5.47. The fourth-order valence-electron chi connectivity index (χ4n) is 3.46. The number of likely N-dealkylation sites (tertiary alicyclic amines) is 1. The van der Waals surface area contributed by atoms with Crippen molar-refractivity contribution in [3.8, 4) is 0 Å². The predicted molar refractivity (Wildman–Crippen MR) is 127 cm³/mol. The van der Waals surface area contributed by atoms with Gasteiger partial charge in [-0.25, -0.2) is 0 Å². The van der Waals surface area contributed by atoms with Gasteiger partial charge in [0.2, 0.25) is 5.91 Å². The number of nitrogen functional groups attached to an aromatic ring is 1. The lowest BCUT2D eigenvalue weighted by atomic mass is 9.90. The average Bonchev–Trinajstić information content (AvgIpc) is 2.74. The van der Waals surface area contributed by atoms with E-state index in [-0.39, 0.29) is 11.8 Å². The molecule has 29 heavy (non-hydrogen) atoms. The summed E-state index contributed by atoms with van der Waals surface area (Å²) in [6, 6.07) is 13.7. The van der Waals surface area contributed by atoms with Crippen molar-refractivity contribution in [1.82, 2.24) is 4.90 Å². The van der Waals surface area contributed by atoms with Gasteiger partial charge in [0.15, 0.2) is 0 Å². The summed E-state index contributed by atoms with van der Waals surface area (Å²) in [5.74, 6) is -0.178. The van der Waals surface area contributed by atoms with Crippen molar-refractivity contribution < 1.29 is 4.79 Å². The van der Waals surface area contributed by atoms with Crippen LogP contribution in [0.3, 0.4) is 0 Å². The summed E-state index contributed by atoms with van der Waals surface area (Å²) in [5, 5.41) is 4.98. The Morgan fingerprint density at radius 2 is 1.66 bits per heavy atom. The Balaban J connectivity index is 0.00000145. The lowest BCUT2D eigenvalue weighted by Crippen LogP contribution is -2.39. The molecule has 7 heteroatoms. The molecule has 1 aliphatic rings. The van der Waals surface area contributed by atoms with Gasteiger partial charge in [0.1, 0.15) is 0 Å². The number of carbonyl (C=O) groups is 1. The van der Waals surface area contributed by atoms with E-state index in [2.05, 4.69) is 36.7 Å². The van der Waals surface area contributed by atoms with Crippen LogP contribution in [0, 0.1) is 0 Å². The molecule has 0 radical (unpaired) electrons. The number of piperidine rings is 1. The molecule has 156 valence electrons. The van der Waals surface area contributed by atoms with Crippen molar-refractivity contribution in [2.75, 3.05) is 18.8 Å². The minimum Gasteiger partial charge on any atom is -0.396 e. The Bertz CT molecular complexity index is 812. The molecular formula is C22H27Cl2N3OS. The standard InChI is InChI=1S/C22H24Cl2N2O.H3NS/c1-15-9-11-26(12-10-15)22(27)18(8-7-16-5-3-2-4-6-16)17-13-19(23)21(25)20(24)14-17;1-2/h2-6,13-14,18H,1,7-12,25H2;2H,1H2. The second-order valence-corrected chi connectivity index (χ2v) is 7.86. The molecule has 0 aliphatic carbocycles. The zero-order valence-corrected chi connectivity index (χ0v) is 18.7. The average molecular weight is 452 g/mol. The number of anilines is 1. The molecule has 0 bridgehead atoms. The smallest absolute Gasteiger partial charge is 0.230 e. The number of amides is 1. The number of aryl methyl sites for hydroxylation is 1. The highest BCUT2D eigenvalue weighted by molar-refractivity contribution is 7.77. The minimum absolute atomic E-state index is 0.121. The third-order valence-electron chi connectivity index (χ3n) is 5.15.